The Morgan fingerprint density at radius 3 is 2.72 bits per heavy atom. The number of halogens is 2. The SMILES string of the molecule is CCn1ccc2cc(C(=O)NCCc3cc(F)c(N4CC5CCC(C4)N5)cc3F)cnc21. The summed E-state index contributed by atoms with van der Waals surface area (Å²) in [6, 6.07) is 6.97. The largest absolute Gasteiger partial charge is 0.366 e. The summed E-state index contributed by atoms with van der Waals surface area (Å²) in [4.78, 5) is 18.8. The van der Waals surface area contributed by atoms with Crippen LogP contribution in [0, 0.1) is 11.6 Å². The molecule has 4 heterocycles. The number of pyridine rings is 1. The maximum Gasteiger partial charge on any atom is 0.252 e. The third-order valence-electron chi connectivity index (χ3n) is 6.56. The van der Waals surface area contributed by atoms with Gasteiger partial charge in [-0.3, -0.25) is 4.79 Å². The van der Waals surface area contributed by atoms with Gasteiger partial charge in [-0.25, -0.2) is 13.8 Å². The second-order valence-electron chi connectivity index (χ2n) is 8.68. The molecule has 1 amide bonds. The van der Waals surface area contributed by atoms with E-state index in [4.69, 9.17) is 0 Å². The number of hydrogen-bond donors (Lipinski definition) is 2. The van der Waals surface area contributed by atoms with Crippen molar-refractivity contribution in [1.82, 2.24) is 20.2 Å². The van der Waals surface area contributed by atoms with E-state index in [2.05, 4.69) is 15.6 Å². The average Bonchev–Trinajstić information content (AvgIpc) is 3.36. The molecule has 0 radical (unpaired) electrons. The number of nitrogens with one attached hydrogen (secondary N) is 2. The Morgan fingerprint density at radius 1 is 1.19 bits per heavy atom. The molecule has 0 aliphatic carbocycles. The topological polar surface area (TPSA) is 62.2 Å². The standard InChI is InChI=1S/C24H27F2N5O/c1-2-30-8-6-16-9-17(12-28-23(16)30)24(32)27-7-5-15-10-21(26)22(11-20(15)25)31-13-18-3-4-19(14-31)29-18/h6,8-12,18-19,29H,2-5,7,13-14H2,1H3,(H,27,32). The van der Waals surface area contributed by atoms with Crippen molar-refractivity contribution in [2.24, 2.45) is 0 Å². The second-order valence-corrected chi connectivity index (χ2v) is 8.68. The number of aryl methyl sites for hydroxylation is 1. The highest BCUT2D eigenvalue weighted by atomic mass is 19.1. The first-order valence-corrected chi connectivity index (χ1v) is 11.2. The number of carbonyl (C=O) groups is 1. The molecule has 2 aromatic heterocycles. The van der Waals surface area contributed by atoms with Gasteiger partial charge in [0, 0.05) is 62.1 Å². The number of piperazine rings is 1. The molecule has 2 saturated heterocycles. The molecular weight excluding hydrogens is 412 g/mol. The molecule has 5 rings (SSSR count). The van der Waals surface area contributed by atoms with Crippen molar-refractivity contribution in [2.45, 2.75) is 44.8 Å². The molecule has 1 aromatic carbocycles. The highest BCUT2D eigenvalue weighted by Crippen LogP contribution is 2.29. The zero-order chi connectivity index (χ0) is 22.2. The molecular formula is C24H27F2N5O. The molecule has 32 heavy (non-hydrogen) atoms. The molecule has 2 aliphatic heterocycles. The Balaban J connectivity index is 1.22. The zero-order valence-corrected chi connectivity index (χ0v) is 18.1. The van der Waals surface area contributed by atoms with Gasteiger partial charge in [-0.1, -0.05) is 0 Å². The van der Waals surface area contributed by atoms with E-state index in [1.54, 1.807) is 12.3 Å². The van der Waals surface area contributed by atoms with Crippen LogP contribution in [0.25, 0.3) is 11.0 Å². The van der Waals surface area contributed by atoms with E-state index in [1.807, 2.05) is 28.7 Å². The number of fused-ring (bicyclic) bond motifs is 3. The lowest BCUT2D eigenvalue weighted by atomic mass is 10.1. The summed E-state index contributed by atoms with van der Waals surface area (Å²) < 4.78 is 31.5. The van der Waals surface area contributed by atoms with Crippen LogP contribution in [-0.2, 0) is 13.0 Å². The van der Waals surface area contributed by atoms with Crippen LogP contribution in [0.15, 0.2) is 36.7 Å². The first kappa shape index (κ1) is 20.9. The molecule has 8 heteroatoms. The van der Waals surface area contributed by atoms with E-state index in [0.29, 0.717) is 36.4 Å². The highest BCUT2D eigenvalue weighted by Gasteiger charge is 2.33. The van der Waals surface area contributed by atoms with Crippen LogP contribution < -0.4 is 15.5 Å². The van der Waals surface area contributed by atoms with Gasteiger partial charge in [0.05, 0.1) is 11.3 Å². The Bertz CT molecular complexity index is 1150. The van der Waals surface area contributed by atoms with Gasteiger partial charge in [0.15, 0.2) is 0 Å². The zero-order valence-electron chi connectivity index (χ0n) is 18.1. The maximum absolute atomic E-state index is 14.8. The lowest BCUT2D eigenvalue weighted by molar-refractivity contribution is 0.0954. The Hall–Kier alpha value is -3.00. The van der Waals surface area contributed by atoms with Gasteiger partial charge in [0.25, 0.3) is 5.91 Å². The summed E-state index contributed by atoms with van der Waals surface area (Å²) in [7, 11) is 0. The quantitative estimate of drug-likeness (QED) is 0.619. The van der Waals surface area contributed by atoms with Crippen molar-refractivity contribution < 1.29 is 13.6 Å². The molecule has 2 aliphatic rings. The molecule has 168 valence electrons. The summed E-state index contributed by atoms with van der Waals surface area (Å²) in [5, 5.41) is 7.17. The summed E-state index contributed by atoms with van der Waals surface area (Å²) in [6.07, 6.45) is 5.85. The van der Waals surface area contributed by atoms with Crippen LogP contribution in [0.3, 0.4) is 0 Å². The van der Waals surface area contributed by atoms with E-state index in [0.717, 1.165) is 30.4 Å². The van der Waals surface area contributed by atoms with Gasteiger partial charge in [-0.15, -0.1) is 0 Å². The minimum atomic E-state index is -0.439. The molecule has 2 bridgehead atoms. The van der Waals surface area contributed by atoms with Crippen molar-refractivity contribution in [2.75, 3.05) is 24.5 Å². The minimum Gasteiger partial charge on any atom is -0.366 e. The van der Waals surface area contributed by atoms with Crippen LogP contribution >= 0.6 is 0 Å². The summed E-state index contributed by atoms with van der Waals surface area (Å²) >= 11 is 0. The van der Waals surface area contributed by atoms with E-state index >= 15 is 0 Å². The summed E-state index contributed by atoms with van der Waals surface area (Å²) in [5.41, 5.74) is 1.87. The third-order valence-corrected chi connectivity index (χ3v) is 6.56. The first-order chi connectivity index (χ1) is 15.5. The van der Waals surface area contributed by atoms with E-state index in [9.17, 15) is 13.6 Å². The van der Waals surface area contributed by atoms with Gasteiger partial charge in [-0.2, -0.15) is 0 Å². The predicted molar refractivity (Wildman–Crippen MR) is 120 cm³/mol. The smallest absolute Gasteiger partial charge is 0.252 e. The van der Waals surface area contributed by atoms with Crippen molar-refractivity contribution in [3.63, 3.8) is 0 Å². The van der Waals surface area contributed by atoms with Gasteiger partial charge in [-0.05, 0) is 49.9 Å². The van der Waals surface area contributed by atoms with E-state index in [1.165, 1.54) is 12.1 Å². The van der Waals surface area contributed by atoms with Gasteiger partial charge in [0.1, 0.15) is 17.3 Å². The monoisotopic (exact) mass is 439 g/mol. The normalized spacial score (nSPS) is 20.2. The van der Waals surface area contributed by atoms with Crippen LogP contribution in [0.1, 0.15) is 35.7 Å². The van der Waals surface area contributed by atoms with Gasteiger partial charge < -0.3 is 20.1 Å². The fourth-order valence-corrected chi connectivity index (χ4v) is 4.88. The molecule has 0 spiro atoms. The number of hydrogen-bond acceptors (Lipinski definition) is 4. The first-order valence-electron chi connectivity index (χ1n) is 11.2. The van der Waals surface area contributed by atoms with Gasteiger partial charge in [0.2, 0.25) is 0 Å². The van der Waals surface area contributed by atoms with Crippen molar-refractivity contribution >= 4 is 22.6 Å². The second kappa shape index (κ2) is 8.50. The van der Waals surface area contributed by atoms with E-state index in [-0.39, 0.29) is 24.4 Å². The van der Waals surface area contributed by atoms with Crippen LogP contribution in [0.5, 0.6) is 0 Å². The number of rotatable bonds is 6. The molecule has 3 aromatic rings. The van der Waals surface area contributed by atoms with Gasteiger partial charge >= 0.3 is 0 Å². The van der Waals surface area contributed by atoms with Crippen LogP contribution in [0.2, 0.25) is 0 Å². The molecule has 2 N–H and O–H groups in total. The lowest BCUT2D eigenvalue weighted by Crippen LogP contribution is -2.51. The number of anilines is 1. The molecule has 6 nitrogen and oxygen atoms in total. The number of aromatic nitrogens is 2. The van der Waals surface area contributed by atoms with Crippen molar-refractivity contribution in [1.29, 1.82) is 0 Å². The van der Waals surface area contributed by atoms with E-state index < -0.39 is 11.6 Å². The van der Waals surface area contributed by atoms with Crippen molar-refractivity contribution in [3.05, 3.63) is 59.4 Å². The Morgan fingerprint density at radius 2 is 1.97 bits per heavy atom. The number of benzene rings is 1. The average molecular weight is 440 g/mol. The fraction of sp³-hybridized carbons (Fsp3) is 0.417. The van der Waals surface area contributed by atoms with Crippen LogP contribution in [0.4, 0.5) is 14.5 Å². The summed E-state index contributed by atoms with van der Waals surface area (Å²) in [6.45, 7) is 4.44. The molecule has 2 fully saturated rings. The number of nitrogens with zero attached hydrogens (tertiary/aromatic N) is 3. The van der Waals surface area contributed by atoms with Crippen molar-refractivity contribution in [3.8, 4) is 0 Å². The highest BCUT2D eigenvalue weighted by molar-refractivity contribution is 5.96. The lowest BCUT2D eigenvalue weighted by Gasteiger charge is -2.34. The minimum absolute atomic E-state index is 0.209. The fourth-order valence-electron chi connectivity index (χ4n) is 4.88. The number of amides is 1. The Kier molecular flexibility index (Phi) is 5.55. The number of carbonyl (C=O) groups excluding carboxylic acids is 1. The molecule has 2 unspecified atom stereocenters. The molecule has 2 atom stereocenters. The predicted octanol–water partition coefficient (Wildman–Crippen LogP) is 3.25. The maximum atomic E-state index is 14.8. The molecule has 0 saturated carbocycles. The Labute approximate surface area is 185 Å². The third kappa shape index (κ3) is 3.95. The summed E-state index contributed by atoms with van der Waals surface area (Å²) in [5.74, 6) is -1.13. The van der Waals surface area contributed by atoms with Crippen LogP contribution in [-0.4, -0.2) is 47.2 Å².